The number of hydrogen-bond acceptors (Lipinski definition) is 5. The number of aryl methyl sites for hydroxylation is 1. The van der Waals surface area contributed by atoms with Gasteiger partial charge in [0.05, 0.1) is 10.7 Å². The first-order valence-corrected chi connectivity index (χ1v) is 7.51. The lowest BCUT2D eigenvalue weighted by Crippen LogP contribution is -2.59. The van der Waals surface area contributed by atoms with Gasteiger partial charge in [-0.3, -0.25) is 14.5 Å². The molecular formula is C13H20N4O2S. The summed E-state index contributed by atoms with van der Waals surface area (Å²) in [5, 5.41) is 5.73. The van der Waals surface area contributed by atoms with E-state index in [0.29, 0.717) is 26.2 Å². The first kappa shape index (κ1) is 14.9. The van der Waals surface area contributed by atoms with Crippen LogP contribution in [0.25, 0.3) is 0 Å². The van der Waals surface area contributed by atoms with Crippen molar-refractivity contribution in [1.29, 1.82) is 0 Å². The molecule has 0 bridgehead atoms. The molecule has 1 N–H and O–H groups in total. The van der Waals surface area contributed by atoms with Crippen LogP contribution in [0.2, 0.25) is 0 Å². The number of aromatic nitrogens is 1. The summed E-state index contributed by atoms with van der Waals surface area (Å²) in [6.07, 6.45) is 0. The number of carbonyl (C=O) groups is 2. The molecule has 1 aromatic heterocycles. The minimum atomic E-state index is -0.306. The van der Waals surface area contributed by atoms with E-state index in [9.17, 15) is 9.59 Å². The smallest absolute Gasteiger partial charge is 0.238 e. The van der Waals surface area contributed by atoms with Crippen LogP contribution in [0.1, 0.15) is 17.6 Å². The molecular weight excluding hydrogens is 276 g/mol. The zero-order valence-electron chi connectivity index (χ0n) is 12.0. The highest BCUT2D eigenvalue weighted by Crippen LogP contribution is 2.16. The van der Waals surface area contributed by atoms with Gasteiger partial charge in [-0.05, 0) is 6.92 Å². The molecule has 110 valence electrons. The van der Waals surface area contributed by atoms with E-state index >= 15 is 0 Å². The average Bonchev–Trinajstić information content (AvgIpc) is 2.83. The van der Waals surface area contributed by atoms with Gasteiger partial charge in [-0.25, -0.2) is 4.98 Å². The van der Waals surface area contributed by atoms with Crippen LogP contribution in [0.15, 0.2) is 5.38 Å². The van der Waals surface area contributed by atoms with Gasteiger partial charge in [0.1, 0.15) is 6.04 Å². The second-order valence-corrected chi connectivity index (χ2v) is 5.99. The summed E-state index contributed by atoms with van der Waals surface area (Å²) in [7, 11) is 1.63. The molecule has 2 amide bonds. The standard InChI is InChI=1S/C13H20N4O2S/c1-9-15-11(8-20-9)6-17-5-4-16(10(2)18)7-12(17)13(19)14-3/h8,12H,4-7H2,1-3H3,(H,14,19). The van der Waals surface area contributed by atoms with E-state index in [2.05, 4.69) is 15.2 Å². The molecule has 1 unspecified atom stereocenters. The number of piperazine rings is 1. The predicted molar refractivity (Wildman–Crippen MR) is 77.4 cm³/mol. The maximum Gasteiger partial charge on any atom is 0.238 e. The Morgan fingerprint density at radius 3 is 2.80 bits per heavy atom. The van der Waals surface area contributed by atoms with Gasteiger partial charge in [-0.2, -0.15) is 0 Å². The largest absolute Gasteiger partial charge is 0.358 e. The van der Waals surface area contributed by atoms with E-state index in [-0.39, 0.29) is 17.9 Å². The van der Waals surface area contributed by atoms with Gasteiger partial charge >= 0.3 is 0 Å². The highest BCUT2D eigenvalue weighted by atomic mass is 32.1. The Balaban J connectivity index is 2.09. The van der Waals surface area contributed by atoms with Crippen LogP contribution in [0.5, 0.6) is 0 Å². The van der Waals surface area contributed by atoms with Crippen LogP contribution in [-0.2, 0) is 16.1 Å². The molecule has 6 nitrogen and oxygen atoms in total. The molecule has 1 aliphatic rings. The van der Waals surface area contributed by atoms with Gasteiger partial charge in [-0.15, -0.1) is 11.3 Å². The minimum absolute atomic E-state index is 0.0167. The SMILES string of the molecule is CNC(=O)C1CN(C(C)=O)CCN1Cc1csc(C)n1. The number of hydrogen-bond donors (Lipinski definition) is 1. The summed E-state index contributed by atoms with van der Waals surface area (Å²) in [6.45, 7) is 5.95. The number of nitrogens with zero attached hydrogens (tertiary/aromatic N) is 3. The third-order valence-electron chi connectivity index (χ3n) is 3.52. The number of thiazole rings is 1. The summed E-state index contributed by atoms with van der Waals surface area (Å²) in [4.78, 5) is 31.8. The first-order chi connectivity index (χ1) is 9.51. The molecule has 1 aromatic rings. The van der Waals surface area contributed by atoms with Crippen molar-refractivity contribution in [1.82, 2.24) is 20.1 Å². The van der Waals surface area contributed by atoms with Crippen molar-refractivity contribution in [3.05, 3.63) is 16.1 Å². The van der Waals surface area contributed by atoms with Crippen LogP contribution in [0.3, 0.4) is 0 Å². The van der Waals surface area contributed by atoms with Gasteiger partial charge < -0.3 is 10.2 Å². The normalized spacial score (nSPS) is 19.9. The van der Waals surface area contributed by atoms with Crippen molar-refractivity contribution in [2.75, 3.05) is 26.7 Å². The first-order valence-electron chi connectivity index (χ1n) is 6.63. The second kappa shape index (κ2) is 6.32. The molecule has 7 heteroatoms. The van der Waals surface area contributed by atoms with Crippen molar-refractivity contribution in [2.24, 2.45) is 0 Å². The van der Waals surface area contributed by atoms with Crippen molar-refractivity contribution in [3.63, 3.8) is 0 Å². The maximum absolute atomic E-state index is 12.0. The van der Waals surface area contributed by atoms with Crippen LogP contribution in [-0.4, -0.2) is 59.3 Å². The molecule has 0 spiro atoms. The van der Waals surface area contributed by atoms with Crippen molar-refractivity contribution in [2.45, 2.75) is 26.4 Å². The number of carbonyl (C=O) groups excluding carboxylic acids is 2. The Morgan fingerprint density at radius 1 is 1.50 bits per heavy atom. The topological polar surface area (TPSA) is 65.5 Å². The lowest BCUT2D eigenvalue weighted by atomic mass is 10.1. The summed E-state index contributed by atoms with van der Waals surface area (Å²) >= 11 is 1.61. The van der Waals surface area contributed by atoms with E-state index in [1.54, 1.807) is 30.2 Å². The second-order valence-electron chi connectivity index (χ2n) is 4.92. The molecule has 1 saturated heterocycles. The molecule has 1 fully saturated rings. The van der Waals surface area contributed by atoms with Crippen molar-refractivity contribution >= 4 is 23.2 Å². The maximum atomic E-state index is 12.0. The van der Waals surface area contributed by atoms with Crippen molar-refractivity contribution < 1.29 is 9.59 Å². The summed E-state index contributed by atoms with van der Waals surface area (Å²) < 4.78 is 0. The Hall–Kier alpha value is -1.47. The molecule has 0 radical (unpaired) electrons. The zero-order valence-corrected chi connectivity index (χ0v) is 12.9. The van der Waals surface area contributed by atoms with Gasteiger partial charge in [-0.1, -0.05) is 0 Å². The van der Waals surface area contributed by atoms with Crippen LogP contribution in [0, 0.1) is 6.92 Å². The Kier molecular flexibility index (Phi) is 4.72. The van der Waals surface area contributed by atoms with Gasteiger partial charge in [0, 0.05) is 45.5 Å². The highest BCUT2D eigenvalue weighted by Gasteiger charge is 2.33. The monoisotopic (exact) mass is 296 g/mol. The fraction of sp³-hybridized carbons (Fsp3) is 0.615. The molecule has 20 heavy (non-hydrogen) atoms. The Morgan fingerprint density at radius 2 is 2.25 bits per heavy atom. The fourth-order valence-corrected chi connectivity index (χ4v) is 3.00. The number of amides is 2. The van der Waals surface area contributed by atoms with Crippen LogP contribution in [0.4, 0.5) is 0 Å². The lowest BCUT2D eigenvalue weighted by Gasteiger charge is -2.39. The molecule has 2 rings (SSSR count). The lowest BCUT2D eigenvalue weighted by molar-refractivity contribution is -0.136. The summed E-state index contributed by atoms with van der Waals surface area (Å²) in [5.74, 6) is -0.0362. The summed E-state index contributed by atoms with van der Waals surface area (Å²) in [6, 6.07) is -0.306. The molecule has 0 saturated carbocycles. The average molecular weight is 296 g/mol. The molecule has 2 heterocycles. The minimum Gasteiger partial charge on any atom is -0.358 e. The number of nitrogens with one attached hydrogen (secondary N) is 1. The highest BCUT2D eigenvalue weighted by molar-refractivity contribution is 7.09. The van der Waals surface area contributed by atoms with Crippen LogP contribution >= 0.6 is 11.3 Å². The third-order valence-corrected chi connectivity index (χ3v) is 4.34. The van der Waals surface area contributed by atoms with E-state index in [0.717, 1.165) is 10.7 Å². The number of rotatable bonds is 3. The van der Waals surface area contributed by atoms with Gasteiger partial charge in [0.2, 0.25) is 11.8 Å². The van der Waals surface area contributed by atoms with E-state index in [1.807, 2.05) is 12.3 Å². The summed E-state index contributed by atoms with van der Waals surface area (Å²) in [5.41, 5.74) is 0.984. The van der Waals surface area contributed by atoms with Crippen LogP contribution < -0.4 is 5.32 Å². The fourth-order valence-electron chi connectivity index (χ4n) is 2.40. The number of likely N-dealkylation sites (N-methyl/N-ethyl adjacent to an activating group) is 1. The van der Waals surface area contributed by atoms with E-state index in [4.69, 9.17) is 0 Å². The van der Waals surface area contributed by atoms with Gasteiger partial charge in [0.15, 0.2) is 0 Å². The van der Waals surface area contributed by atoms with Gasteiger partial charge in [0.25, 0.3) is 0 Å². The third kappa shape index (κ3) is 3.34. The molecule has 1 atom stereocenters. The Bertz CT molecular complexity index is 502. The Labute approximate surface area is 122 Å². The van der Waals surface area contributed by atoms with E-state index < -0.39 is 0 Å². The van der Waals surface area contributed by atoms with E-state index in [1.165, 1.54) is 0 Å². The quantitative estimate of drug-likeness (QED) is 0.867. The van der Waals surface area contributed by atoms with Crippen molar-refractivity contribution in [3.8, 4) is 0 Å². The zero-order chi connectivity index (χ0) is 14.7. The molecule has 0 aromatic carbocycles. The molecule has 0 aliphatic carbocycles. The predicted octanol–water partition coefficient (Wildman–Crippen LogP) is 0.230. The molecule has 1 aliphatic heterocycles.